The molecule has 1 N–H and O–H groups in total. The summed E-state index contributed by atoms with van der Waals surface area (Å²) in [7, 11) is 0. The number of hydrogen-bond donors (Lipinski definition) is 1. The fourth-order valence-electron chi connectivity index (χ4n) is 12.1. The molecule has 6 aromatic rings. The third-order valence-corrected chi connectivity index (χ3v) is 20.6. The molecule has 0 bridgehead atoms. The zero-order valence-corrected chi connectivity index (χ0v) is 105. The summed E-state index contributed by atoms with van der Waals surface area (Å²) in [5, 5.41) is 18.2. The Labute approximate surface area is 936 Å². The van der Waals surface area contributed by atoms with Crippen molar-refractivity contribution in [2.75, 3.05) is 59.1 Å². The molecule has 16 heteroatoms. The number of rotatable bonds is 0. The number of hydrogen-bond acceptors (Lipinski definition) is 13. The topological polar surface area (TPSA) is 181 Å². The van der Waals surface area contributed by atoms with Gasteiger partial charge in [-0.3, -0.25) is 29.6 Å². The molecule has 1 unspecified atom stereocenters. The van der Waals surface area contributed by atoms with Crippen LogP contribution in [-0.4, -0.2) is 138 Å². The number of aromatic nitrogens is 8. The first-order valence-electron chi connectivity index (χ1n) is 55.5. The predicted octanol–water partition coefficient (Wildman–Crippen LogP) is 42.9. The molecule has 16 nitrogen and oxygen atoms in total. The van der Waals surface area contributed by atoms with Gasteiger partial charge in [-0.1, -0.05) is 516 Å². The standard InChI is InChI=1S/C10H19NO.C10H14.C9H17NO.2C9H13N.C8H12N2.C8H17NO.C8H16O.C8H16.C7H12N2.C7H14.C6H10N2O.12C2H6.9CH4/c1-10(2,3)9(12)11-7-5-4-6-8-11;1-10(2,3)9-7-5-4-6-8-9;1-9(2,3)8(11)10-6-4-5-7-10;1-9(2,3)8-5-4-6-10-7-8;1-9(2,3)8-6-4-5-7-10-8;1-8(2,3)7-5-4-6-9-10-7;1-8(2,3)9-4-6-10-7-5-9;1-8(2,3)7-5-4-6-9-7;1-8(2,3)7-5-4-6-7;1-7(2,3)6-4-8-9-5-6;1-7(2,3)6-4-5-6;1-6(2,3)5-7-4-9-8-5;12*1-2;;;;;;;;;/h4-8H2,1-3H3;4-8H,1-3H3;4-7H2,1-3H3;2*4-7H,1-3H3;4-6H,1-3H3;4-7H2,1-3H3;7H,4-6H2,1-3H3;7H,4-6H2,1-3H3;4-5H,1-3H3,(H,8,9);6H,4-5H2,1-3H3;4H,1-3H3;12*1-2H3;9*1H4. The number of aromatic amines is 1. The molecule has 2 saturated carbocycles. The van der Waals surface area contributed by atoms with Crippen LogP contribution in [0.4, 0.5) is 0 Å². The minimum Gasteiger partial charge on any atom is -0.379 e. The van der Waals surface area contributed by atoms with Gasteiger partial charge >= 0.3 is 0 Å². The van der Waals surface area contributed by atoms with E-state index in [-0.39, 0.29) is 105 Å². The van der Waals surface area contributed by atoms with Crippen molar-refractivity contribution in [1.29, 1.82) is 0 Å². The Kier molecular flexibility index (Phi) is 142. The number of carbonyl (C=O) groups excluding carboxylic acids is 2. The maximum absolute atomic E-state index is 11.7. The second kappa shape index (κ2) is 109. The summed E-state index contributed by atoms with van der Waals surface area (Å²) >= 11 is 0. The van der Waals surface area contributed by atoms with Gasteiger partial charge in [0.15, 0.2) is 5.82 Å². The van der Waals surface area contributed by atoms with Crippen LogP contribution in [0.2, 0.25) is 0 Å². The van der Waals surface area contributed by atoms with Crippen molar-refractivity contribution in [3.63, 3.8) is 0 Å². The lowest BCUT2D eigenvalue weighted by molar-refractivity contribution is -0.140. The number of likely N-dealkylation sites (tertiary alicyclic amines) is 2. The zero-order chi connectivity index (χ0) is 112. The number of carbonyl (C=O) groups is 2. The molecule has 894 valence electrons. The molecule has 2 amide bonds. The Morgan fingerprint density at radius 2 is 0.682 bits per heavy atom. The Hall–Kier alpha value is -6.23. The average Bonchev–Trinajstić information content (AvgIpc) is 1.75. The number of nitrogens with one attached hydrogen (secondary N) is 1. The van der Waals surface area contributed by atoms with Crippen LogP contribution >= 0.6 is 0 Å². The van der Waals surface area contributed by atoms with E-state index >= 15 is 0 Å². The lowest BCUT2D eigenvalue weighted by atomic mass is 9.69. The summed E-state index contributed by atoms with van der Waals surface area (Å²) in [6.07, 6.45) is 28.8. The molecule has 1 aromatic carbocycles. The van der Waals surface area contributed by atoms with Crippen LogP contribution in [0.25, 0.3) is 0 Å². The molecular weight excluding hydrogens is 1820 g/mol. The van der Waals surface area contributed by atoms with E-state index in [1.165, 1.54) is 100 Å². The molecule has 4 aliphatic heterocycles. The average molecular weight is 2100 g/mol. The van der Waals surface area contributed by atoms with E-state index in [9.17, 15) is 9.59 Å². The van der Waals surface area contributed by atoms with Gasteiger partial charge < -0.3 is 23.8 Å². The lowest BCUT2D eigenvalue weighted by Crippen LogP contribution is -2.47. The van der Waals surface area contributed by atoms with E-state index in [2.05, 4.69) is 279 Å². The molecule has 0 radical (unpaired) electrons. The highest BCUT2D eigenvalue weighted by molar-refractivity contribution is 5.82. The second-order valence-electron chi connectivity index (χ2n) is 44.3. The van der Waals surface area contributed by atoms with Gasteiger partial charge in [-0.15, -0.1) is 0 Å². The van der Waals surface area contributed by atoms with Crippen molar-refractivity contribution in [2.24, 2.45) is 38.9 Å². The first-order chi connectivity index (χ1) is 64.6. The van der Waals surface area contributed by atoms with Crippen LogP contribution in [-0.2, 0) is 51.6 Å². The molecule has 1 atom stereocenters. The number of piperidine rings is 1. The Morgan fingerprint density at radius 3 is 0.865 bits per heavy atom. The highest BCUT2D eigenvalue weighted by Gasteiger charge is 2.35. The summed E-state index contributed by atoms with van der Waals surface area (Å²) in [5.41, 5.74) is 8.68. The van der Waals surface area contributed by atoms with E-state index in [0.717, 1.165) is 88.1 Å². The largest absolute Gasteiger partial charge is 0.379 e. The van der Waals surface area contributed by atoms with Crippen molar-refractivity contribution < 1.29 is 23.6 Å². The molecule has 6 aliphatic rings. The van der Waals surface area contributed by atoms with E-state index in [0.29, 0.717) is 45.1 Å². The highest BCUT2D eigenvalue weighted by Crippen LogP contribution is 2.44. The molecule has 12 rings (SSSR count). The van der Waals surface area contributed by atoms with Crippen LogP contribution < -0.4 is 0 Å². The first kappa shape index (κ1) is 193. The summed E-state index contributed by atoms with van der Waals surface area (Å²) in [6.45, 7) is 135. The van der Waals surface area contributed by atoms with E-state index < -0.39 is 0 Å². The van der Waals surface area contributed by atoms with Crippen molar-refractivity contribution in [3.05, 3.63) is 150 Å². The third-order valence-electron chi connectivity index (χ3n) is 20.6. The maximum Gasteiger partial charge on any atom is 0.227 e. The zero-order valence-electron chi connectivity index (χ0n) is 105. The smallest absolute Gasteiger partial charge is 0.227 e. The van der Waals surface area contributed by atoms with Gasteiger partial charge in [-0.2, -0.15) is 20.3 Å². The summed E-state index contributed by atoms with van der Waals surface area (Å²) in [6, 6.07) is 24.5. The molecule has 9 heterocycles. The second-order valence-corrected chi connectivity index (χ2v) is 44.3. The number of nitrogens with zero attached hydrogens (tertiary/aromatic N) is 10. The van der Waals surface area contributed by atoms with Crippen LogP contribution in [0.15, 0.2) is 121 Å². The number of amides is 2. The SMILES string of the molecule is C.C.C.C.C.C.C.C.C.CC.CC.CC.CC.CC.CC.CC.CC.CC.CC.CC.CC.CC(C)(C)C(=O)N1CCCC1.CC(C)(C)C(=O)N1CCCCC1.CC(C)(C)C1CC1.CC(C)(C)C1CCC1.CC(C)(C)C1CCCO1.CC(C)(C)N1CCOCC1.CC(C)(C)c1ccccc1.CC(C)(C)c1ccccn1.CC(C)(C)c1cccnc1.CC(C)(C)c1cccnn1.CC(C)(C)c1cn[nH]c1.CC(C)(C)c1ncon1. The molecule has 148 heavy (non-hydrogen) atoms. The quantitative estimate of drug-likeness (QED) is 0.152. The Balaban J connectivity index is -0.0000000611. The Bertz CT molecular complexity index is 3180. The minimum absolute atomic E-state index is 0. The van der Waals surface area contributed by atoms with E-state index in [4.69, 9.17) is 9.47 Å². The van der Waals surface area contributed by atoms with Gasteiger partial charge in [0.1, 0.15) is 0 Å². The van der Waals surface area contributed by atoms with Crippen molar-refractivity contribution in [1.82, 2.24) is 55.2 Å². The van der Waals surface area contributed by atoms with Crippen LogP contribution in [0, 0.1) is 38.9 Å². The third kappa shape index (κ3) is 107. The van der Waals surface area contributed by atoms with E-state index in [1.54, 1.807) is 12.4 Å². The first-order valence-corrected chi connectivity index (χ1v) is 55.5. The highest BCUT2D eigenvalue weighted by atomic mass is 16.5. The van der Waals surface area contributed by atoms with Crippen molar-refractivity contribution >= 4 is 11.8 Å². The van der Waals surface area contributed by atoms with Crippen molar-refractivity contribution in [3.8, 4) is 0 Å². The Morgan fingerprint density at radius 1 is 0.324 bits per heavy atom. The fourth-order valence-corrected chi connectivity index (χ4v) is 12.1. The van der Waals surface area contributed by atoms with Gasteiger partial charge in [0.25, 0.3) is 0 Å². The van der Waals surface area contributed by atoms with Gasteiger partial charge in [-0.25, -0.2) is 0 Å². The normalized spacial score (nSPS) is 13.7. The van der Waals surface area contributed by atoms with Gasteiger partial charge in [0, 0.05) is 115 Å². The lowest BCUT2D eigenvalue weighted by Gasteiger charge is -2.38. The molecule has 6 fully saturated rings. The molecule has 2 aliphatic carbocycles. The van der Waals surface area contributed by atoms with Crippen LogP contribution in [0.3, 0.4) is 0 Å². The maximum atomic E-state index is 11.7. The molecule has 4 saturated heterocycles. The predicted molar refractivity (Wildman–Crippen MR) is 683 cm³/mol. The number of ether oxygens (including phenoxy) is 2. The molecule has 5 aromatic heterocycles. The van der Waals surface area contributed by atoms with Gasteiger partial charge in [-0.05, 0) is 183 Å². The van der Waals surface area contributed by atoms with Gasteiger partial charge in [0.2, 0.25) is 18.2 Å². The number of morpholine rings is 1. The van der Waals surface area contributed by atoms with Crippen LogP contribution in [0.5, 0.6) is 0 Å². The number of H-pyrrole nitrogens is 1. The van der Waals surface area contributed by atoms with Crippen molar-refractivity contribution in [2.45, 2.75) is 603 Å². The minimum atomic E-state index is -0.197. The number of pyridine rings is 2. The molecular formula is C132H281N11O5. The van der Waals surface area contributed by atoms with Gasteiger partial charge in [0.05, 0.1) is 31.2 Å². The monoisotopic (exact) mass is 2100 g/mol. The summed E-state index contributed by atoms with van der Waals surface area (Å²) < 4.78 is 15.4. The number of benzene rings is 1. The molecule has 0 spiro atoms. The van der Waals surface area contributed by atoms with Crippen LogP contribution in [0.1, 0.15) is 593 Å². The summed E-state index contributed by atoms with van der Waals surface area (Å²) in [4.78, 5) is 42.0. The fraction of sp³-hybridized carbons (Fsp3) is 0.795. The van der Waals surface area contributed by atoms with E-state index in [1.807, 2.05) is 293 Å². The summed E-state index contributed by atoms with van der Waals surface area (Å²) in [5.74, 6) is 3.44.